The molecule has 0 spiro atoms. The molecule has 4 rings (SSSR count). The van der Waals surface area contributed by atoms with E-state index in [9.17, 15) is 4.79 Å². The molecule has 1 aromatic heterocycles. The van der Waals surface area contributed by atoms with Crippen molar-refractivity contribution < 1.29 is 4.74 Å². The van der Waals surface area contributed by atoms with Crippen molar-refractivity contribution in [3.63, 3.8) is 0 Å². The molecule has 1 fully saturated rings. The topological polar surface area (TPSA) is 43.3 Å². The average Bonchev–Trinajstić information content (AvgIpc) is 2.56. The summed E-state index contributed by atoms with van der Waals surface area (Å²) in [5.74, 6) is 1.86. The number of aromatic nitrogens is 1. The molecule has 1 saturated heterocycles. The van der Waals surface area contributed by atoms with Crippen LogP contribution >= 0.6 is 0 Å². The number of rotatable bonds is 2. The number of piperidine rings is 1. The maximum Gasteiger partial charge on any atom is 0.258 e. The van der Waals surface area contributed by atoms with Crippen LogP contribution < -0.4 is 15.6 Å². The molecule has 2 aromatic rings. The lowest BCUT2D eigenvalue weighted by atomic mass is 9.84. The summed E-state index contributed by atoms with van der Waals surface area (Å²) in [7, 11) is 1.65. The van der Waals surface area contributed by atoms with Gasteiger partial charge in [-0.05, 0) is 48.7 Å². The first-order valence-corrected chi connectivity index (χ1v) is 7.85. The molecular weight excluding hydrogens is 276 g/mol. The quantitative estimate of drug-likeness (QED) is 0.924. The highest BCUT2D eigenvalue weighted by molar-refractivity contribution is 5.63. The molecule has 0 unspecified atom stereocenters. The molecule has 2 aliphatic heterocycles. The first-order valence-electron chi connectivity index (χ1n) is 7.85. The third kappa shape index (κ3) is 2.15. The summed E-state index contributed by atoms with van der Waals surface area (Å²) in [5.41, 5.74) is 3.05. The Morgan fingerprint density at radius 3 is 2.73 bits per heavy atom. The van der Waals surface area contributed by atoms with Gasteiger partial charge in [0.25, 0.3) is 5.56 Å². The van der Waals surface area contributed by atoms with E-state index in [1.807, 2.05) is 34.9 Å². The Morgan fingerprint density at radius 2 is 1.95 bits per heavy atom. The highest BCUT2D eigenvalue weighted by atomic mass is 16.5. The van der Waals surface area contributed by atoms with E-state index in [4.69, 9.17) is 4.74 Å². The van der Waals surface area contributed by atoms with Crippen molar-refractivity contribution >= 4 is 0 Å². The smallest absolute Gasteiger partial charge is 0.258 e. The molecule has 3 heterocycles. The standard InChI is InChI=1S/C18H20N2O2/c1-22-15-4-2-13(3-5-15)16-6-7-17-14-8-12(9-19-10-14)11-20(17)18(16)21/h2-7,12,14,19H,8-11H2,1H3/t12-,14+/m0/s1. The summed E-state index contributed by atoms with van der Waals surface area (Å²) in [6.07, 6.45) is 1.20. The second kappa shape index (κ2) is 5.29. The second-order valence-electron chi connectivity index (χ2n) is 6.27. The van der Waals surface area contributed by atoms with Crippen molar-refractivity contribution in [1.29, 1.82) is 0 Å². The first kappa shape index (κ1) is 13.6. The van der Waals surface area contributed by atoms with Gasteiger partial charge in [0.2, 0.25) is 0 Å². The monoisotopic (exact) mass is 296 g/mol. The van der Waals surface area contributed by atoms with Crippen molar-refractivity contribution in [2.75, 3.05) is 20.2 Å². The fourth-order valence-corrected chi connectivity index (χ4v) is 3.78. The van der Waals surface area contributed by atoms with Crippen LogP contribution in [0.2, 0.25) is 0 Å². The van der Waals surface area contributed by atoms with Crippen LogP contribution in [0.25, 0.3) is 11.1 Å². The number of hydrogen-bond acceptors (Lipinski definition) is 3. The van der Waals surface area contributed by atoms with Crippen LogP contribution in [-0.4, -0.2) is 24.8 Å². The number of fused-ring (bicyclic) bond motifs is 4. The Bertz CT molecular complexity index is 749. The molecule has 0 radical (unpaired) electrons. The SMILES string of the molecule is COc1ccc(-c2ccc3n(c2=O)C[C@@H]2CNC[C@H]3C2)cc1. The Kier molecular flexibility index (Phi) is 3.26. The third-order valence-corrected chi connectivity index (χ3v) is 4.91. The summed E-state index contributed by atoms with van der Waals surface area (Å²) < 4.78 is 7.19. The number of ether oxygens (including phenoxy) is 1. The molecule has 0 amide bonds. The van der Waals surface area contributed by atoms with E-state index >= 15 is 0 Å². The molecule has 2 bridgehead atoms. The Morgan fingerprint density at radius 1 is 1.14 bits per heavy atom. The van der Waals surface area contributed by atoms with Gasteiger partial charge in [0.15, 0.2) is 0 Å². The minimum Gasteiger partial charge on any atom is -0.497 e. The van der Waals surface area contributed by atoms with Gasteiger partial charge in [0.05, 0.1) is 7.11 Å². The van der Waals surface area contributed by atoms with E-state index in [1.165, 1.54) is 12.1 Å². The molecule has 1 aromatic carbocycles. The van der Waals surface area contributed by atoms with Gasteiger partial charge in [0, 0.05) is 30.3 Å². The van der Waals surface area contributed by atoms with Crippen LogP contribution in [0.4, 0.5) is 0 Å². The van der Waals surface area contributed by atoms with Gasteiger partial charge in [-0.2, -0.15) is 0 Å². The lowest BCUT2D eigenvalue weighted by Gasteiger charge is -2.37. The lowest BCUT2D eigenvalue weighted by molar-refractivity contribution is 0.257. The maximum absolute atomic E-state index is 12.9. The minimum absolute atomic E-state index is 0.138. The number of pyridine rings is 1. The van der Waals surface area contributed by atoms with E-state index < -0.39 is 0 Å². The van der Waals surface area contributed by atoms with E-state index in [2.05, 4.69) is 11.4 Å². The van der Waals surface area contributed by atoms with E-state index in [0.717, 1.165) is 36.5 Å². The third-order valence-electron chi connectivity index (χ3n) is 4.91. The lowest BCUT2D eigenvalue weighted by Crippen LogP contribution is -2.45. The minimum atomic E-state index is 0.138. The summed E-state index contributed by atoms with van der Waals surface area (Å²) in [6, 6.07) is 11.8. The molecule has 2 atom stereocenters. The molecule has 4 nitrogen and oxygen atoms in total. The van der Waals surface area contributed by atoms with Crippen LogP contribution in [0.1, 0.15) is 18.0 Å². The van der Waals surface area contributed by atoms with Gasteiger partial charge in [-0.15, -0.1) is 0 Å². The number of methoxy groups -OCH3 is 1. The zero-order chi connectivity index (χ0) is 15.1. The van der Waals surface area contributed by atoms with Gasteiger partial charge in [0.1, 0.15) is 5.75 Å². The van der Waals surface area contributed by atoms with Gasteiger partial charge in [-0.1, -0.05) is 12.1 Å². The molecule has 2 aliphatic rings. The van der Waals surface area contributed by atoms with Gasteiger partial charge in [-0.3, -0.25) is 4.79 Å². The van der Waals surface area contributed by atoms with Crippen molar-refractivity contribution in [2.45, 2.75) is 18.9 Å². The van der Waals surface area contributed by atoms with Crippen molar-refractivity contribution in [2.24, 2.45) is 5.92 Å². The summed E-state index contributed by atoms with van der Waals surface area (Å²) in [5, 5.41) is 3.48. The van der Waals surface area contributed by atoms with Crippen molar-refractivity contribution in [3.05, 3.63) is 52.4 Å². The summed E-state index contributed by atoms with van der Waals surface area (Å²) in [4.78, 5) is 12.9. The number of nitrogens with zero attached hydrogens (tertiary/aromatic N) is 1. The Labute approximate surface area is 129 Å². The fourth-order valence-electron chi connectivity index (χ4n) is 3.78. The molecule has 114 valence electrons. The normalized spacial score (nSPS) is 23.0. The van der Waals surface area contributed by atoms with Crippen LogP contribution in [0.3, 0.4) is 0 Å². The summed E-state index contributed by atoms with van der Waals surface area (Å²) >= 11 is 0. The molecule has 22 heavy (non-hydrogen) atoms. The van der Waals surface area contributed by atoms with Crippen molar-refractivity contribution in [1.82, 2.24) is 9.88 Å². The van der Waals surface area contributed by atoms with Gasteiger partial charge in [-0.25, -0.2) is 0 Å². The molecule has 0 aliphatic carbocycles. The van der Waals surface area contributed by atoms with Crippen LogP contribution in [0, 0.1) is 5.92 Å². The molecule has 0 saturated carbocycles. The summed E-state index contributed by atoms with van der Waals surface area (Å²) in [6.45, 7) is 2.84. The highest BCUT2D eigenvalue weighted by Gasteiger charge is 2.31. The van der Waals surface area contributed by atoms with Crippen molar-refractivity contribution in [3.8, 4) is 16.9 Å². The molecular formula is C18H20N2O2. The zero-order valence-corrected chi connectivity index (χ0v) is 12.7. The maximum atomic E-state index is 12.9. The largest absolute Gasteiger partial charge is 0.497 e. The predicted octanol–water partition coefficient (Wildman–Crippen LogP) is 2.23. The van der Waals surface area contributed by atoms with Crippen LogP contribution in [0.5, 0.6) is 5.75 Å². The Hall–Kier alpha value is -2.07. The van der Waals surface area contributed by atoms with Crippen LogP contribution in [0.15, 0.2) is 41.2 Å². The van der Waals surface area contributed by atoms with Gasteiger partial charge < -0.3 is 14.6 Å². The average molecular weight is 296 g/mol. The first-order chi connectivity index (χ1) is 10.8. The fraction of sp³-hybridized carbons (Fsp3) is 0.389. The van der Waals surface area contributed by atoms with E-state index in [0.29, 0.717) is 11.8 Å². The number of hydrogen-bond donors (Lipinski definition) is 1. The van der Waals surface area contributed by atoms with Gasteiger partial charge >= 0.3 is 0 Å². The number of nitrogens with one attached hydrogen (secondary N) is 1. The van der Waals surface area contributed by atoms with E-state index in [-0.39, 0.29) is 5.56 Å². The highest BCUT2D eigenvalue weighted by Crippen LogP contribution is 2.32. The van der Waals surface area contributed by atoms with E-state index in [1.54, 1.807) is 7.11 Å². The number of benzene rings is 1. The second-order valence-corrected chi connectivity index (χ2v) is 6.27. The zero-order valence-electron chi connectivity index (χ0n) is 12.7. The Balaban J connectivity index is 1.79. The van der Waals surface area contributed by atoms with Crippen LogP contribution in [-0.2, 0) is 6.54 Å². The molecule has 4 heteroatoms. The predicted molar refractivity (Wildman–Crippen MR) is 86.4 cm³/mol. The molecule has 1 N–H and O–H groups in total.